The number of rotatable bonds is 4. The second-order valence-corrected chi connectivity index (χ2v) is 5.45. The molecule has 1 heterocycles. The lowest BCUT2D eigenvalue weighted by molar-refractivity contribution is 0.306. The quantitative estimate of drug-likeness (QED) is 0.877. The van der Waals surface area contributed by atoms with E-state index in [9.17, 15) is 0 Å². The third-order valence-electron chi connectivity index (χ3n) is 4.34. The summed E-state index contributed by atoms with van der Waals surface area (Å²) in [4.78, 5) is 2.59. The molecule has 1 N–H and O–H groups in total. The Morgan fingerprint density at radius 1 is 1.28 bits per heavy atom. The van der Waals surface area contributed by atoms with Gasteiger partial charge in [-0.2, -0.15) is 0 Å². The van der Waals surface area contributed by atoms with Gasteiger partial charge in [0, 0.05) is 30.9 Å². The minimum atomic E-state index is 0.623. The smallest absolute Gasteiger partial charge is 0.0412 e. The van der Waals surface area contributed by atoms with E-state index in [1.54, 1.807) is 0 Å². The highest BCUT2D eigenvalue weighted by Crippen LogP contribution is 2.23. The fourth-order valence-corrected chi connectivity index (χ4v) is 2.79. The fourth-order valence-electron chi connectivity index (χ4n) is 2.79. The van der Waals surface area contributed by atoms with Gasteiger partial charge < -0.3 is 10.2 Å². The van der Waals surface area contributed by atoms with Crippen LogP contribution in [0.15, 0.2) is 30.3 Å². The molecule has 100 valence electrons. The van der Waals surface area contributed by atoms with Crippen LogP contribution in [0.25, 0.3) is 0 Å². The van der Waals surface area contributed by atoms with Crippen molar-refractivity contribution in [3.05, 3.63) is 30.3 Å². The Morgan fingerprint density at radius 3 is 2.61 bits per heavy atom. The Hall–Kier alpha value is -1.02. The minimum absolute atomic E-state index is 0.623. The van der Waals surface area contributed by atoms with Crippen molar-refractivity contribution in [2.24, 2.45) is 5.92 Å². The summed E-state index contributed by atoms with van der Waals surface area (Å²) in [6.07, 6.45) is 2.45. The van der Waals surface area contributed by atoms with Gasteiger partial charge in [-0.25, -0.2) is 0 Å². The van der Waals surface area contributed by atoms with Crippen molar-refractivity contribution in [3.63, 3.8) is 0 Å². The van der Waals surface area contributed by atoms with Crippen LogP contribution in [0.4, 0.5) is 5.69 Å². The third-order valence-corrected chi connectivity index (χ3v) is 4.34. The second-order valence-electron chi connectivity index (χ2n) is 5.45. The monoisotopic (exact) mass is 246 g/mol. The van der Waals surface area contributed by atoms with E-state index < -0.39 is 0 Å². The molecule has 1 aliphatic rings. The average Bonchev–Trinajstić information content (AvgIpc) is 2.46. The highest BCUT2D eigenvalue weighted by Gasteiger charge is 2.29. The van der Waals surface area contributed by atoms with Gasteiger partial charge in [-0.15, -0.1) is 0 Å². The number of hydrogen-bond acceptors (Lipinski definition) is 2. The van der Waals surface area contributed by atoms with Crippen LogP contribution in [0.2, 0.25) is 0 Å². The van der Waals surface area contributed by atoms with Crippen molar-refractivity contribution in [1.29, 1.82) is 0 Å². The summed E-state index contributed by atoms with van der Waals surface area (Å²) in [5.41, 5.74) is 1.37. The molecule has 0 aliphatic carbocycles. The van der Waals surface area contributed by atoms with Gasteiger partial charge in [0.15, 0.2) is 0 Å². The predicted octanol–water partition coefficient (Wildman–Crippen LogP) is 3.29. The lowest BCUT2D eigenvalue weighted by Gasteiger charge is -2.43. The molecule has 18 heavy (non-hydrogen) atoms. The van der Waals surface area contributed by atoms with Crippen LogP contribution >= 0.6 is 0 Å². The number of hydrogen-bond donors (Lipinski definition) is 1. The summed E-state index contributed by atoms with van der Waals surface area (Å²) < 4.78 is 0. The zero-order valence-corrected chi connectivity index (χ0v) is 11.9. The van der Waals surface area contributed by atoms with Crippen molar-refractivity contribution in [3.8, 4) is 0 Å². The molecule has 3 unspecified atom stereocenters. The van der Waals surface area contributed by atoms with E-state index in [-0.39, 0.29) is 0 Å². The van der Waals surface area contributed by atoms with Crippen LogP contribution in [0.5, 0.6) is 0 Å². The molecule has 1 aliphatic heterocycles. The standard InChI is InChI=1S/C16H26N2/c1-4-13(3)16-12-18(14(5-2)11-17-16)15-9-7-6-8-10-15/h6-10,13-14,16-17H,4-5,11-12H2,1-3H3. The highest BCUT2D eigenvalue weighted by atomic mass is 15.2. The molecule has 1 aromatic rings. The Labute approximate surface area is 111 Å². The van der Waals surface area contributed by atoms with Gasteiger partial charge in [-0.3, -0.25) is 0 Å². The second kappa shape index (κ2) is 6.24. The summed E-state index contributed by atoms with van der Waals surface area (Å²) in [7, 11) is 0. The number of para-hydroxylation sites is 1. The maximum Gasteiger partial charge on any atom is 0.0412 e. The Kier molecular flexibility index (Phi) is 4.65. The Morgan fingerprint density at radius 2 is 2.00 bits per heavy atom. The minimum Gasteiger partial charge on any atom is -0.366 e. The van der Waals surface area contributed by atoms with Gasteiger partial charge in [0.1, 0.15) is 0 Å². The molecule has 1 fully saturated rings. The number of piperazine rings is 1. The maximum absolute atomic E-state index is 3.73. The Balaban J connectivity index is 2.13. The third kappa shape index (κ3) is 2.86. The van der Waals surface area contributed by atoms with E-state index in [2.05, 4.69) is 61.3 Å². The van der Waals surface area contributed by atoms with Crippen molar-refractivity contribution >= 4 is 5.69 Å². The maximum atomic E-state index is 3.73. The largest absolute Gasteiger partial charge is 0.366 e. The van der Waals surface area contributed by atoms with Crippen LogP contribution in [0.1, 0.15) is 33.6 Å². The van der Waals surface area contributed by atoms with Gasteiger partial charge in [0.2, 0.25) is 0 Å². The lowest BCUT2D eigenvalue weighted by atomic mass is 9.94. The molecule has 0 aromatic heterocycles. The van der Waals surface area contributed by atoms with Gasteiger partial charge in [-0.05, 0) is 24.5 Å². The van der Waals surface area contributed by atoms with Crippen LogP contribution in [0.3, 0.4) is 0 Å². The molecular formula is C16H26N2. The molecule has 0 amide bonds. The lowest BCUT2D eigenvalue weighted by Crippen LogP contribution is -2.58. The van der Waals surface area contributed by atoms with E-state index in [1.807, 2.05) is 0 Å². The molecule has 2 heteroatoms. The molecule has 2 nitrogen and oxygen atoms in total. The fraction of sp³-hybridized carbons (Fsp3) is 0.625. The molecule has 0 saturated carbocycles. The Bertz CT molecular complexity index is 349. The van der Waals surface area contributed by atoms with Crippen LogP contribution < -0.4 is 10.2 Å². The summed E-state index contributed by atoms with van der Waals surface area (Å²) >= 11 is 0. The van der Waals surface area contributed by atoms with Crippen LogP contribution in [0, 0.1) is 5.92 Å². The predicted molar refractivity (Wildman–Crippen MR) is 79.1 cm³/mol. The van der Waals surface area contributed by atoms with Crippen molar-refractivity contribution in [1.82, 2.24) is 5.32 Å². The number of benzene rings is 1. The van der Waals surface area contributed by atoms with Crippen molar-refractivity contribution in [2.45, 2.75) is 45.7 Å². The van der Waals surface area contributed by atoms with Gasteiger partial charge >= 0.3 is 0 Å². The molecular weight excluding hydrogens is 220 g/mol. The zero-order valence-electron chi connectivity index (χ0n) is 11.9. The first kappa shape index (κ1) is 13.4. The van der Waals surface area contributed by atoms with E-state index in [4.69, 9.17) is 0 Å². The normalized spacial score (nSPS) is 26.1. The molecule has 0 radical (unpaired) electrons. The summed E-state index contributed by atoms with van der Waals surface area (Å²) in [5.74, 6) is 0.744. The molecule has 2 rings (SSSR count). The number of nitrogens with zero attached hydrogens (tertiary/aromatic N) is 1. The highest BCUT2D eigenvalue weighted by molar-refractivity contribution is 5.48. The van der Waals surface area contributed by atoms with E-state index in [0.717, 1.165) is 19.0 Å². The topological polar surface area (TPSA) is 15.3 Å². The summed E-state index contributed by atoms with van der Waals surface area (Å²) in [6, 6.07) is 12.1. The SMILES string of the molecule is CCC(C)C1CN(c2ccccc2)C(CC)CN1. The van der Waals surface area contributed by atoms with Gasteiger partial charge in [-0.1, -0.05) is 45.4 Å². The van der Waals surface area contributed by atoms with E-state index >= 15 is 0 Å². The molecule has 0 bridgehead atoms. The summed E-state index contributed by atoms with van der Waals surface area (Å²) in [6.45, 7) is 9.17. The van der Waals surface area contributed by atoms with Crippen molar-refractivity contribution in [2.75, 3.05) is 18.0 Å². The van der Waals surface area contributed by atoms with Crippen LogP contribution in [-0.4, -0.2) is 25.2 Å². The van der Waals surface area contributed by atoms with Gasteiger partial charge in [0.25, 0.3) is 0 Å². The van der Waals surface area contributed by atoms with Crippen LogP contribution in [-0.2, 0) is 0 Å². The van der Waals surface area contributed by atoms with Crippen molar-refractivity contribution < 1.29 is 0 Å². The first-order valence-electron chi connectivity index (χ1n) is 7.31. The van der Waals surface area contributed by atoms with Gasteiger partial charge in [0.05, 0.1) is 0 Å². The molecule has 1 saturated heterocycles. The first-order chi connectivity index (χ1) is 8.76. The molecule has 0 spiro atoms. The first-order valence-corrected chi connectivity index (χ1v) is 7.31. The zero-order chi connectivity index (χ0) is 13.0. The molecule has 3 atom stereocenters. The summed E-state index contributed by atoms with van der Waals surface area (Å²) in [5, 5.41) is 3.73. The number of anilines is 1. The molecule has 1 aromatic carbocycles. The van der Waals surface area contributed by atoms with E-state index in [1.165, 1.54) is 18.5 Å². The number of nitrogens with one attached hydrogen (secondary N) is 1. The average molecular weight is 246 g/mol. The van der Waals surface area contributed by atoms with E-state index in [0.29, 0.717) is 12.1 Å².